The number of hydrogen-bond acceptors (Lipinski definition) is 5. The zero-order chi connectivity index (χ0) is 15.4. The number of hydrogen-bond donors (Lipinski definition) is 2. The summed E-state index contributed by atoms with van der Waals surface area (Å²) in [6.45, 7) is 0.872. The van der Waals surface area contributed by atoms with Crippen LogP contribution >= 0.6 is 11.6 Å². The van der Waals surface area contributed by atoms with E-state index in [4.69, 9.17) is 16.3 Å². The minimum Gasteiger partial charge on any atom is -0.465 e. The Hall–Kier alpha value is -1.63. The molecule has 114 valence electrons. The van der Waals surface area contributed by atoms with Gasteiger partial charge in [0.25, 0.3) is 0 Å². The van der Waals surface area contributed by atoms with Crippen LogP contribution in [0.4, 0.5) is 5.69 Å². The van der Waals surface area contributed by atoms with Crippen molar-refractivity contribution in [1.82, 2.24) is 5.32 Å². The van der Waals surface area contributed by atoms with Gasteiger partial charge in [0.15, 0.2) is 0 Å². The molecule has 1 amide bonds. The van der Waals surface area contributed by atoms with E-state index in [1.165, 1.54) is 13.2 Å². The van der Waals surface area contributed by atoms with Crippen molar-refractivity contribution in [2.75, 3.05) is 32.7 Å². The van der Waals surface area contributed by atoms with Crippen molar-refractivity contribution in [1.29, 1.82) is 0 Å². The molecule has 0 aromatic heterocycles. The number of benzene rings is 1. The van der Waals surface area contributed by atoms with Gasteiger partial charge in [0, 0.05) is 11.7 Å². The topological polar surface area (TPSA) is 76.7 Å². The minimum atomic E-state index is -0.548. The van der Waals surface area contributed by atoms with Crippen LogP contribution in [0.2, 0.25) is 5.02 Å². The number of esters is 1. The van der Waals surface area contributed by atoms with Crippen molar-refractivity contribution in [3.8, 4) is 0 Å². The first-order chi connectivity index (χ1) is 10.1. The molecule has 21 heavy (non-hydrogen) atoms. The summed E-state index contributed by atoms with van der Waals surface area (Å²) in [5.74, 6) is -0.981. The van der Waals surface area contributed by atoms with Crippen LogP contribution in [0.1, 0.15) is 10.4 Å². The van der Waals surface area contributed by atoms with E-state index in [0.717, 1.165) is 0 Å². The number of rotatable bonds is 4. The zero-order valence-corrected chi connectivity index (χ0v) is 12.6. The number of methoxy groups -OCH3 is 1. The van der Waals surface area contributed by atoms with Gasteiger partial charge in [-0.2, -0.15) is 0 Å². The van der Waals surface area contributed by atoms with Gasteiger partial charge in [0.05, 0.1) is 36.8 Å². The van der Waals surface area contributed by atoms with Gasteiger partial charge in [-0.05, 0) is 25.2 Å². The molecule has 1 fully saturated rings. The van der Waals surface area contributed by atoms with E-state index in [9.17, 15) is 9.59 Å². The predicted octanol–water partition coefficient (Wildman–Crippen LogP) is 1.30. The van der Waals surface area contributed by atoms with Gasteiger partial charge < -0.3 is 20.1 Å². The van der Waals surface area contributed by atoms with E-state index in [-0.39, 0.29) is 28.5 Å². The number of ether oxygens (including phenoxy) is 2. The second-order valence-corrected chi connectivity index (χ2v) is 5.12. The molecule has 2 atom stereocenters. The Morgan fingerprint density at radius 1 is 1.38 bits per heavy atom. The van der Waals surface area contributed by atoms with Crippen LogP contribution in [0.3, 0.4) is 0 Å². The Morgan fingerprint density at radius 2 is 2.14 bits per heavy atom. The fraction of sp³-hybridized carbons (Fsp3) is 0.429. The molecular formula is C14H17ClN2O4. The summed E-state index contributed by atoms with van der Waals surface area (Å²) < 4.78 is 9.94. The Bertz CT molecular complexity index is 550. The van der Waals surface area contributed by atoms with Gasteiger partial charge in [0.2, 0.25) is 5.91 Å². The van der Waals surface area contributed by atoms with Crippen molar-refractivity contribution in [3.63, 3.8) is 0 Å². The highest BCUT2D eigenvalue weighted by molar-refractivity contribution is 6.33. The second kappa shape index (κ2) is 6.89. The Labute approximate surface area is 127 Å². The first kappa shape index (κ1) is 15.8. The van der Waals surface area contributed by atoms with Crippen LogP contribution in [0.5, 0.6) is 0 Å². The third-order valence-corrected chi connectivity index (χ3v) is 3.76. The standard InChI is InChI=1S/C14H17ClN2O4/c1-16-12-7-21-6-10(12)13(18)17-8-3-4-11(15)9(5-8)14(19)20-2/h3-5,10,12,16H,6-7H2,1-2H3,(H,17,18). The Morgan fingerprint density at radius 3 is 2.81 bits per heavy atom. The Kier molecular flexibility index (Phi) is 5.17. The number of anilines is 1. The van der Waals surface area contributed by atoms with E-state index >= 15 is 0 Å². The number of halogens is 1. The molecule has 2 unspecified atom stereocenters. The third-order valence-electron chi connectivity index (χ3n) is 3.43. The number of carbonyl (C=O) groups excluding carboxylic acids is 2. The smallest absolute Gasteiger partial charge is 0.339 e. The molecule has 1 aromatic rings. The lowest BCUT2D eigenvalue weighted by Gasteiger charge is -2.16. The van der Waals surface area contributed by atoms with Crippen LogP contribution in [0, 0.1) is 5.92 Å². The molecule has 0 radical (unpaired) electrons. The molecular weight excluding hydrogens is 296 g/mol. The maximum Gasteiger partial charge on any atom is 0.339 e. The van der Waals surface area contributed by atoms with Crippen molar-refractivity contribution >= 4 is 29.2 Å². The van der Waals surface area contributed by atoms with Gasteiger partial charge >= 0.3 is 5.97 Å². The van der Waals surface area contributed by atoms with Crippen molar-refractivity contribution in [3.05, 3.63) is 28.8 Å². The highest BCUT2D eigenvalue weighted by atomic mass is 35.5. The molecule has 1 aromatic carbocycles. The molecule has 2 N–H and O–H groups in total. The quantitative estimate of drug-likeness (QED) is 0.820. The van der Waals surface area contributed by atoms with Gasteiger partial charge in [-0.15, -0.1) is 0 Å². The van der Waals surface area contributed by atoms with Crippen molar-refractivity contribution in [2.45, 2.75) is 6.04 Å². The molecule has 1 aliphatic rings. The molecule has 0 spiro atoms. The molecule has 6 nitrogen and oxygen atoms in total. The SMILES string of the molecule is CNC1COCC1C(=O)Nc1ccc(Cl)c(C(=O)OC)c1. The highest BCUT2D eigenvalue weighted by Gasteiger charge is 2.33. The number of amides is 1. The van der Waals surface area contributed by atoms with Crippen LogP contribution in [0.15, 0.2) is 18.2 Å². The first-order valence-corrected chi connectivity index (χ1v) is 6.88. The summed E-state index contributed by atoms with van der Waals surface area (Å²) in [7, 11) is 3.06. The van der Waals surface area contributed by atoms with E-state index in [2.05, 4.69) is 15.4 Å². The molecule has 0 saturated carbocycles. The van der Waals surface area contributed by atoms with Gasteiger partial charge in [-0.1, -0.05) is 11.6 Å². The molecule has 1 aliphatic heterocycles. The summed E-state index contributed by atoms with van der Waals surface area (Å²) in [5.41, 5.74) is 0.705. The highest BCUT2D eigenvalue weighted by Crippen LogP contribution is 2.23. The number of nitrogens with one attached hydrogen (secondary N) is 2. The summed E-state index contributed by atoms with van der Waals surface area (Å²) >= 11 is 5.94. The largest absolute Gasteiger partial charge is 0.465 e. The predicted molar refractivity (Wildman–Crippen MR) is 78.6 cm³/mol. The van der Waals surface area contributed by atoms with E-state index in [1.807, 2.05) is 0 Å². The average Bonchev–Trinajstić information content (AvgIpc) is 2.97. The summed E-state index contributed by atoms with van der Waals surface area (Å²) in [6, 6.07) is 4.66. The maximum atomic E-state index is 12.2. The molecule has 0 aliphatic carbocycles. The average molecular weight is 313 g/mol. The van der Waals surface area contributed by atoms with Crippen LogP contribution in [-0.4, -0.2) is 45.3 Å². The van der Waals surface area contributed by atoms with E-state index in [0.29, 0.717) is 18.9 Å². The molecule has 7 heteroatoms. The zero-order valence-electron chi connectivity index (χ0n) is 11.8. The minimum absolute atomic E-state index is 0.0163. The van der Waals surface area contributed by atoms with Crippen LogP contribution in [-0.2, 0) is 14.3 Å². The fourth-order valence-electron chi connectivity index (χ4n) is 2.20. The maximum absolute atomic E-state index is 12.2. The van der Waals surface area contributed by atoms with Crippen LogP contribution < -0.4 is 10.6 Å². The first-order valence-electron chi connectivity index (χ1n) is 6.50. The number of carbonyl (C=O) groups is 2. The van der Waals surface area contributed by atoms with E-state index < -0.39 is 5.97 Å². The summed E-state index contributed by atoms with van der Waals surface area (Å²) in [4.78, 5) is 23.8. The number of likely N-dealkylation sites (N-methyl/N-ethyl adjacent to an activating group) is 1. The lowest BCUT2D eigenvalue weighted by atomic mass is 10.0. The lowest BCUT2D eigenvalue weighted by Crippen LogP contribution is -2.39. The lowest BCUT2D eigenvalue weighted by molar-refractivity contribution is -0.120. The van der Waals surface area contributed by atoms with Gasteiger partial charge in [-0.25, -0.2) is 4.79 Å². The summed E-state index contributed by atoms with van der Waals surface area (Å²) in [6.07, 6.45) is 0. The third kappa shape index (κ3) is 3.53. The molecule has 2 rings (SSSR count). The Balaban J connectivity index is 2.12. The van der Waals surface area contributed by atoms with Gasteiger partial charge in [0.1, 0.15) is 0 Å². The van der Waals surface area contributed by atoms with Gasteiger partial charge in [-0.3, -0.25) is 4.79 Å². The fourth-order valence-corrected chi connectivity index (χ4v) is 2.40. The monoisotopic (exact) mass is 312 g/mol. The molecule has 0 bridgehead atoms. The molecule has 1 heterocycles. The van der Waals surface area contributed by atoms with E-state index in [1.54, 1.807) is 19.2 Å². The van der Waals surface area contributed by atoms with Crippen molar-refractivity contribution in [2.24, 2.45) is 5.92 Å². The summed E-state index contributed by atoms with van der Waals surface area (Å²) in [5, 5.41) is 6.09. The van der Waals surface area contributed by atoms with Crippen LogP contribution in [0.25, 0.3) is 0 Å². The molecule has 1 saturated heterocycles. The normalized spacial score (nSPS) is 21.1. The van der Waals surface area contributed by atoms with Crippen molar-refractivity contribution < 1.29 is 19.1 Å². The second-order valence-electron chi connectivity index (χ2n) is 4.71.